The molecule has 2 aliphatic rings. The van der Waals surface area contributed by atoms with E-state index < -0.39 is 0 Å². The van der Waals surface area contributed by atoms with Crippen molar-refractivity contribution in [3.8, 4) is 0 Å². The molecule has 0 radical (unpaired) electrons. The smallest absolute Gasteiger partial charge is 0.278 e. The molecule has 1 fully saturated rings. The van der Waals surface area contributed by atoms with Crippen molar-refractivity contribution in [1.29, 1.82) is 0 Å². The molecule has 3 aromatic rings. The molecular weight excluding hydrogens is 434 g/mol. The first-order valence-corrected chi connectivity index (χ1v) is 12.4. The van der Waals surface area contributed by atoms with Crippen LogP contribution < -0.4 is 10.2 Å². The van der Waals surface area contributed by atoms with Gasteiger partial charge in [0.25, 0.3) is 11.8 Å². The van der Waals surface area contributed by atoms with Crippen molar-refractivity contribution in [2.45, 2.75) is 32.6 Å². The standard InChI is InChI=1S/C30H31N3O2/c1-22-10-12-24(13-11-22)27-28(30(35)33(29(27)34)21-18-23-8-4-2-5-9-23)31-25-14-16-26(17-15-25)32-19-6-3-7-20-32/h2,4-5,8-17,31H,3,6-7,18-21H2,1H3. The Morgan fingerprint density at radius 1 is 0.771 bits per heavy atom. The van der Waals surface area contributed by atoms with Gasteiger partial charge in [0.1, 0.15) is 5.70 Å². The van der Waals surface area contributed by atoms with Crippen molar-refractivity contribution in [1.82, 2.24) is 4.90 Å². The third-order valence-corrected chi connectivity index (χ3v) is 6.83. The zero-order valence-corrected chi connectivity index (χ0v) is 20.2. The predicted octanol–water partition coefficient (Wildman–Crippen LogP) is 5.42. The van der Waals surface area contributed by atoms with E-state index in [0.717, 1.165) is 35.5 Å². The van der Waals surface area contributed by atoms with Gasteiger partial charge in [0.05, 0.1) is 5.57 Å². The Hall–Kier alpha value is -3.86. The van der Waals surface area contributed by atoms with Crippen molar-refractivity contribution >= 4 is 28.8 Å². The van der Waals surface area contributed by atoms with Crippen molar-refractivity contribution in [2.24, 2.45) is 0 Å². The lowest BCUT2D eigenvalue weighted by atomic mass is 10.0. The van der Waals surface area contributed by atoms with Gasteiger partial charge in [-0.3, -0.25) is 14.5 Å². The van der Waals surface area contributed by atoms with Crippen LogP contribution in [0.5, 0.6) is 0 Å². The highest BCUT2D eigenvalue weighted by molar-refractivity contribution is 6.36. The molecular formula is C30H31N3O2. The summed E-state index contributed by atoms with van der Waals surface area (Å²) in [5.41, 5.74) is 5.73. The van der Waals surface area contributed by atoms with E-state index in [1.807, 2.05) is 73.7 Å². The van der Waals surface area contributed by atoms with Crippen LogP contribution >= 0.6 is 0 Å². The second kappa shape index (κ2) is 10.2. The predicted molar refractivity (Wildman–Crippen MR) is 141 cm³/mol. The normalized spacial score (nSPS) is 16.3. The average molecular weight is 466 g/mol. The van der Waals surface area contributed by atoms with E-state index in [4.69, 9.17) is 0 Å². The zero-order chi connectivity index (χ0) is 24.2. The number of hydrogen-bond acceptors (Lipinski definition) is 4. The highest BCUT2D eigenvalue weighted by atomic mass is 16.2. The Labute approximate surface area is 207 Å². The van der Waals surface area contributed by atoms with E-state index in [9.17, 15) is 9.59 Å². The molecule has 0 saturated carbocycles. The van der Waals surface area contributed by atoms with E-state index in [1.54, 1.807) is 0 Å². The molecule has 0 unspecified atom stereocenters. The Balaban J connectivity index is 1.41. The number of aryl methyl sites for hydroxylation is 1. The second-order valence-corrected chi connectivity index (χ2v) is 9.33. The summed E-state index contributed by atoms with van der Waals surface area (Å²) in [6.07, 6.45) is 4.37. The molecule has 5 rings (SSSR count). The van der Waals surface area contributed by atoms with Gasteiger partial charge in [-0.25, -0.2) is 0 Å². The second-order valence-electron chi connectivity index (χ2n) is 9.33. The van der Waals surface area contributed by atoms with Crippen LogP contribution in [-0.2, 0) is 16.0 Å². The molecule has 0 atom stereocenters. The summed E-state index contributed by atoms with van der Waals surface area (Å²) in [7, 11) is 0. The maximum atomic E-state index is 13.5. The largest absolute Gasteiger partial charge is 0.372 e. The van der Waals surface area contributed by atoms with Crippen molar-refractivity contribution in [3.05, 3.63) is 101 Å². The molecule has 2 aliphatic heterocycles. The van der Waals surface area contributed by atoms with Crippen molar-refractivity contribution in [3.63, 3.8) is 0 Å². The number of nitrogens with zero attached hydrogens (tertiary/aromatic N) is 2. The van der Waals surface area contributed by atoms with Gasteiger partial charge in [0.2, 0.25) is 0 Å². The molecule has 2 heterocycles. The SMILES string of the molecule is Cc1ccc(C2=C(Nc3ccc(N4CCCCC4)cc3)C(=O)N(CCc3ccccc3)C2=O)cc1. The monoisotopic (exact) mass is 465 g/mol. The summed E-state index contributed by atoms with van der Waals surface area (Å²) in [6, 6.07) is 25.9. The van der Waals surface area contributed by atoms with E-state index in [1.165, 1.54) is 29.8 Å². The van der Waals surface area contributed by atoms with Crippen molar-refractivity contribution in [2.75, 3.05) is 29.9 Å². The summed E-state index contributed by atoms with van der Waals surface area (Å²) in [5, 5.41) is 3.29. The summed E-state index contributed by atoms with van der Waals surface area (Å²) >= 11 is 0. The third kappa shape index (κ3) is 4.99. The van der Waals surface area contributed by atoms with E-state index in [-0.39, 0.29) is 11.8 Å². The first-order valence-electron chi connectivity index (χ1n) is 12.4. The topological polar surface area (TPSA) is 52.7 Å². The van der Waals surface area contributed by atoms with Gasteiger partial charge in [-0.05, 0) is 68.0 Å². The maximum absolute atomic E-state index is 13.5. The Kier molecular flexibility index (Phi) is 6.66. The highest BCUT2D eigenvalue weighted by Gasteiger charge is 2.38. The van der Waals surface area contributed by atoms with E-state index in [0.29, 0.717) is 24.2 Å². The molecule has 5 nitrogen and oxygen atoms in total. The van der Waals surface area contributed by atoms with Crippen LogP contribution in [0.3, 0.4) is 0 Å². The molecule has 0 aromatic heterocycles. The Bertz CT molecular complexity index is 1220. The molecule has 2 amide bonds. The number of hydrogen-bond donors (Lipinski definition) is 1. The lowest BCUT2D eigenvalue weighted by Crippen LogP contribution is -2.34. The quantitative estimate of drug-likeness (QED) is 0.474. The maximum Gasteiger partial charge on any atom is 0.278 e. The van der Waals surface area contributed by atoms with Gasteiger partial charge in [0.15, 0.2) is 0 Å². The first-order chi connectivity index (χ1) is 17.1. The molecule has 35 heavy (non-hydrogen) atoms. The van der Waals surface area contributed by atoms with E-state index in [2.05, 4.69) is 22.3 Å². The summed E-state index contributed by atoms with van der Waals surface area (Å²) in [6.45, 7) is 4.52. The number of anilines is 2. The van der Waals surface area contributed by atoms with Gasteiger partial charge in [-0.2, -0.15) is 0 Å². The minimum absolute atomic E-state index is 0.248. The molecule has 1 N–H and O–H groups in total. The van der Waals surface area contributed by atoms with Gasteiger partial charge in [-0.1, -0.05) is 60.2 Å². The number of carbonyl (C=O) groups excluding carboxylic acids is 2. The summed E-state index contributed by atoms with van der Waals surface area (Å²) in [4.78, 5) is 30.7. The fraction of sp³-hybridized carbons (Fsp3) is 0.267. The van der Waals surface area contributed by atoms with Crippen LogP contribution in [-0.4, -0.2) is 36.3 Å². The van der Waals surface area contributed by atoms with Crippen LogP contribution in [0.15, 0.2) is 84.6 Å². The third-order valence-electron chi connectivity index (χ3n) is 6.83. The number of piperidine rings is 1. The van der Waals surface area contributed by atoms with E-state index >= 15 is 0 Å². The minimum atomic E-state index is -0.276. The first kappa shape index (κ1) is 22.9. The summed E-state index contributed by atoms with van der Waals surface area (Å²) in [5.74, 6) is -0.524. The number of amides is 2. The average Bonchev–Trinajstić information content (AvgIpc) is 3.13. The van der Waals surface area contributed by atoms with Crippen LogP contribution in [0.1, 0.15) is 36.0 Å². The van der Waals surface area contributed by atoms with Gasteiger partial charge < -0.3 is 10.2 Å². The van der Waals surface area contributed by atoms with Crippen LogP contribution in [0.4, 0.5) is 11.4 Å². The van der Waals surface area contributed by atoms with Gasteiger partial charge in [0, 0.05) is 31.0 Å². The van der Waals surface area contributed by atoms with Crippen molar-refractivity contribution < 1.29 is 9.59 Å². The van der Waals surface area contributed by atoms with Crippen LogP contribution in [0.2, 0.25) is 0 Å². The zero-order valence-electron chi connectivity index (χ0n) is 20.2. The number of rotatable bonds is 7. The fourth-order valence-corrected chi connectivity index (χ4v) is 4.82. The van der Waals surface area contributed by atoms with Crippen LogP contribution in [0, 0.1) is 6.92 Å². The Morgan fingerprint density at radius 3 is 2.14 bits per heavy atom. The molecule has 0 spiro atoms. The number of benzene rings is 3. The highest BCUT2D eigenvalue weighted by Crippen LogP contribution is 2.31. The van der Waals surface area contributed by atoms with Gasteiger partial charge in [-0.15, -0.1) is 0 Å². The molecule has 178 valence electrons. The lowest BCUT2D eigenvalue weighted by Gasteiger charge is -2.28. The molecule has 0 bridgehead atoms. The molecule has 3 aromatic carbocycles. The molecule has 0 aliphatic carbocycles. The number of carbonyl (C=O) groups is 2. The fourth-order valence-electron chi connectivity index (χ4n) is 4.82. The number of nitrogens with one attached hydrogen (secondary N) is 1. The van der Waals surface area contributed by atoms with Gasteiger partial charge >= 0.3 is 0 Å². The number of imide groups is 1. The Morgan fingerprint density at radius 2 is 1.46 bits per heavy atom. The molecule has 5 heteroatoms. The minimum Gasteiger partial charge on any atom is -0.372 e. The lowest BCUT2D eigenvalue weighted by molar-refractivity contribution is -0.136. The van der Waals surface area contributed by atoms with Crippen LogP contribution in [0.25, 0.3) is 5.57 Å². The summed E-state index contributed by atoms with van der Waals surface area (Å²) < 4.78 is 0. The molecule has 1 saturated heterocycles.